The van der Waals surface area contributed by atoms with Crippen LogP contribution in [0.1, 0.15) is 70.6 Å². The molecule has 0 saturated heterocycles. The molecule has 1 unspecified atom stereocenters. The lowest BCUT2D eigenvalue weighted by Gasteiger charge is -2.28. The average Bonchev–Trinajstić information content (AvgIpc) is 3.36. The molecule has 0 saturated carbocycles. The Morgan fingerprint density at radius 1 is 1.02 bits per heavy atom. The molecule has 0 aliphatic heterocycles. The van der Waals surface area contributed by atoms with Gasteiger partial charge in [0.05, 0.1) is 23.6 Å². The summed E-state index contributed by atoms with van der Waals surface area (Å²) in [5, 5.41) is 21.2. The van der Waals surface area contributed by atoms with Crippen molar-refractivity contribution in [2.75, 3.05) is 11.5 Å². The van der Waals surface area contributed by atoms with Crippen molar-refractivity contribution in [1.29, 1.82) is 5.26 Å². The second-order valence-electron chi connectivity index (χ2n) is 11.5. The molecule has 1 atom stereocenters. The first-order chi connectivity index (χ1) is 20.2. The number of carbonyl (C=O) groups is 2. The highest BCUT2D eigenvalue weighted by Crippen LogP contribution is 2.40. The van der Waals surface area contributed by atoms with E-state index < -0.39 is 29.5 Å². The van der Waals surface area contributed by atoms with Crippen LogP contribution in [0.2, 0.25) is 0 Å². The Hall–Kier alpha value is -4.60. The summed E-state index contributed by atoms with van der Waals surface area (Å²) in [6, 6.07) is 13.7. The van der Waals surface area contributed by atoms with Crippen molar-refractivity contribution >= 4 is 39.6 Å². The lowest BCUT2D eigenvalue weighted by molar-refractivity contribution is 0.0429. The van der Waals surface area contributed by atoms with Gasteiger partial charge in [-0.1, -0.05) is 12.1 Å². The van der Waals surface area contributed by atoms with Crippen LogP contribution >= 0.6 is 11.3 Å². The van der Waals surface area contributed by atoms with Crippen molar-refractivity contribution in [2.45, 2.75) is 65.8 Å². The van der Waals surface area contributed by atoms with Gasteiger partial charge in [0.15, 0.2) is 11.6 Å². The second-order valence-corrected chi connectivity index (χ2v) is 12.5. The number of imide groups is 1. The summed E-state index contributed by atoms with van der Waals surface area (Å²) in [5.74, 6) is 0.326. The first kappa shape index (κ1) is 31.3. The number of nitrogens with zero attached hydrogens (tertiary/aromatic N) is 5. The van der Waals surface area contributed by atoms with E-state index in [0.29, 0.717) is 38.4 Å². The van der Waals surface area contributed by atoms with Gasteiger partial charge in [0, 0.05) is 22.2 Å². The summed E-state index contributed by atoms with van der Waals surface area (Å²) in [5.41, 5.74) is -0.597. The Bertz CT molecular complexity index is 1670. The zero-order valence-electron chi connectivity index (χ0n) is 25.0. The number of carbonyl (C=O) groups excluding carboxylic acids is 2. The minimum absolute atomic E-state index is 0.100. The Morgan fingerprint density at radius 3 is 2.30 bits per heavy atom. The van der Waals surface area contributed by atoms with E-state index >= 15 is 0 Å². The van der Waals surface area contributed by atoms with Gasteiger partial charge in [-0.15, -0.1) is 11.3 Å². The van der Waals surface area contributed by atoms with Gasteiger partial charge in [0.25, 0.3) is 0 Å². The van der Waals surface area contributed by atoms with E-state index in [1.54, 1.807) is 90.2 Å². The van der Waals surface area contributed by atoms with Crippen LogP contribution in [0.5, 0.6) is 5.88 Å². The highest BCUT2D eigenvalue weighted by molar-refractivity contribution is 7.18. The van der Waals surface area contributed by atoms with E-state index in [4.69, 9.17) is 19.2 Å². The molecule has 0 aliphatic carbocycles. The van der Waals surface area contributed by atoms with Gasteiger partial charge in [-0.25, -0.2) is 24.5 Å². The number of hydrogen-bond donors (Lipinski definition) is 1. The lowest BCUT2D eigenvalue weighted by Crippen LogP contribution is -2.44. The minimum atomic E-state index is -1.16. The van der Waals surface area contributed by atoms with E-state index in [-0.39, 0.29) is 17.5 Å². The highest BCUT2D eigenvalue weighted by Gasteiger charge is 2.36. The Kier molecular flexibility index (Phi) is 8.98. The van der Waals surface area contributed by atoms with Crippen LogP contribution in [-0.2, 0) is 9.47 Å². The van der Waals surface area contributed by atoms with E-state index in [9.17, 15) is 20.0 Å². The molecule has 0 spiro atoms. The molecule has 1 aromatic carbocycles. The number of rotatable bonds is 6. The summed E-state index contributed by atoms with van der Waals surface area (Å²) in [7, 11) is 0. The maximum Gasteiger partial charge on any atom is 0.425 e. The van der Waals surface area contributed by atoms with E-state index in [1.807, 2.05) is 6.92 Å². The molecule has 11 nitrogen and oxygen atoms in total. The number of thiophene rings is 1. The summed E-state index contributed by atoms with van der Waals surface area (Å²) in [4.78, 5) is 42.3. The zero-order chi connectivity index (χ0) is 31.5. The monoisotopic (exact) mass is 603 g/mol. The molecule has 0 radical (unpaired) electrons. The van der Waals surface area contributed by atoms with E-state index in [2.05, 4.69) is 16.0 Å². The summed E-state index contributed by atoms with van der Waals surface area (Å²) < 4.78 is 16.8. The SMILES string of the molecule is CCOc1ncccc1C(O)c1cc2c(N(C(=O)OC(C)(C)C)C(=O)OC(C)(C)C)nc(-c3cccc(C#N)c3)nc2s1. The van der Waals surface area contributed by atoms with Crippen LogP contribution in [0.4, 0.5) is 15.4 Å². The number of aliphatic hydroxyl groups is 1. The number of hydrogen-bond acceptors (Lipinski definition) is 11. The predicted octanol–water partition coefficient (Wildman–Crippen LogP) is 6.78. The van der Waals surface area contributed by atoms with Gasteiger partial charge in [-0.05, 0) is 78.8 Å². The Morgan fingerprint density at radius 2 is 1.70 bits per heavy atom. The number of amides is 2. The minimum Gasteiger partial charge on any atom is -0.478 e. The Balaban J connectivity index is 1.97. The molecule has 12 heteroatoms. The molecule has 2 amide bonds. The number of pyridine rings is 1. The van der Waals surface area contributed by atoms with Crippen molar-refractivity contribution in [3.63, 3.8) is 0 Å². The first-order valence-electron chi connectivity index (χ1n) is 13.5. The maximum absolute atomic E-state index is 13.6. The number of ether oxygens (including phenoxy) is 3. The molecule has 4 rings (SSSR count). The van der Waals surface area contributed by atoms with Crippen LogP contribution in [0.25, 0.3) is 21.6 Å². The molecular weight excluding hydrogens is 570 g/mol. The third kappa shape index (κ3) is 7.43. The number of benzene rings is 1. The fourth-order valence-corrected chi connectivity index (χ4v) is 5.00. The van der Waals surface area contributed by atoms with Crippen molar-refractivity contribution < 1.29 is 28.9 Å². The molecule has 4 aromatic rings. The first-order valence-corrected chi connectivity index (χ1v) is 14.4. The standard InChI is InChI=1S/C31H33N5O6S/c1-8-40-26-20(13-10-14-33-26)23(37)22-16-21-25(36(28(38)41-30(2,3)4)29(39)42-31(5,6)7)34-24(35-27(21)43-22)19-12-9-11-18(15-19)17-32/h9-16,23,37H,8H2,1-7H3. The summed E-state index contributed by atoms with van der Waals surface area (Å²) >= 11 is 1.15. The number of fused-ring (bicyclic) bond motifs is 1. The van der Waals surface area contributed by atoms with Gasteiger partial charge in [-0.3, -0.25) is 0 Å². The molecule has 1 N–H and O–H groups in total. The van der Waals surface area contributed by atoms with Crippen LogP contribution < -0.4 is 9.64 Å². The summed E-state index contributed by atoms with van der Waals surface area (Å²) in [6.07, 6.45) is -1.60. The van der Waals surface area contributed by atoms with Crippen LogP contribution in [0.15, 0.2) is 48.7 Å². The van der Waals surface area contributed by atoms with Gasteiger partial charge in [-0.2, -0.15) is 10.2 Å². The molecule has 3 heterocycles. The highest BCUT2D eigenvalue weighted by atomic mass is 32.1. The lowest BCUT2D eigenvalue weighted by atomic mass is 10.1. The third-order valence-corrected chi connectivity index (χ3v) is 6.73. The maximum atomic E-state index is 13.6. The van der Waals surface area contributed by atoms with Crippen LogP contribution in [-0.4, -0.2) is 50.1 Å². The number of anilines is 1. The number of aromatic nitrogens is 3. The van der Waals surface area contributed by atoms with Gasteiger partial charge in [0.2, 0.25) is 5.88 Å². The molecule has 3 aromatic heterocycles. The zero-order valence-corrected chi connectivity index (χ0v) is 25.9. The topological polar surface area (TPSA) is 148 Å². The fourth-order valence-electron chi connectivity index (χ4n) is 3.97. The predicted molar refractivity (Wildman–Crippen MR) is 162 cm³/mol. The van der Waals surface area contributed by atoms with Gasteiger partial charge < -0.3 is 19.3 Å². The molecular formula is C31H33N5O6S. The number of nitriles is 1. The smallest absolute Gasteiger partial charge is 0.425 e. The third-order valence-electron chi connectivity index (χ3n) is 5.65. The van der Waals surface area contributed by atoms with Crippen molar-refractivity contribution in [1.82, 2.24) is 15.0 Å². The van der Waals surface area contributed by atoms with Crippen LogP contribution in [0, 0.1) is 11.3 Å². The van der Waals surface area contributed by atoms with Crippen molar-refractivity contribution in [3.05, 3.63) is 64.7 Å². The quantitative estimate of drug-likeness (QED) is 0.250. The molecule has 224 valence electrons. The second kappa shape index (κ2) is 12.3. The molecule has 0 fully saturated rings. The normalized spacial score (nSPS) is 12.3. The largest absolute Gasteiger partial charge is 0.478 e. The van der Waals surface area contributed by atoms with Crippen molar-refractivity contribution in [2.24, 2.45) is 0 Å². The summed E-state index contributed by atoms with van der Waals surface area (Å²) in [6.45, 7) is 12.2. The molecule has 43 heavy (non-hydrogen) atoms. The van der Waals surface area contributed by atoms with Gasteiger partial charge >= 0.3 is 12.2 Å². The number of aliphatic hydroxyl groups excluding tert-OH is 1. The average molecular weight is 604 g/mol. The fraction of sp³-hybridized carbons (Fsp3) is 0.355. The van der Waals surface area contributed by atoms with E-state index in [1.165, 1.54) is 0 Å². The molecule has 0 bridgehead atoms. The van der Waals surface area contributed by atoms with Crippen LogP contribution in [0.3, 0.4) is 0 Å². The molecule has 0 aliphatic rings. The van der Waals surface area contributed by atoms with E-state index in [0.717, 1.165) is 16.2 Å². The van der Waals surface area contributed by atoms with Crippen molar-refractivity contribution in [3.8, 4) is 23.3 Å². The van der Waals surface area contributed by atoms with Gasteiger partial charge in [0.1, 0.15) is 22.1 Å². The Labute approximate surface area is 253 Å².